The van der Waals surface area contributed by atoms with Crippen molar-refractivity contribution in [2.75, 3.05) is 18.9 Å². The average Bonchev–Trinajstić information content (AvgIpc) is 2.24. The van der Waals surface area contributed by atoms with Gasteiger partial charge in [-0.15, -0.1) is 0 Å². The first-order valence-corrected chi connectivity index (χ1v) is 6.92. The van der Waals surface area contributed by atoms with Gasteiger partial charge in [0.1, 0.15) is 10.7 Å². The minimum absolute atomic E-state index is 0.0795. The summed E-state index contributed by atoms with van der Waals surface area (Å²) in [4.78, 5) is -0.432. The number of nitrogens with two attached hydrogens (primary N) is 1. The highest BCUT2D eigenvalue weighted by atomic mass is 32.2. The summed E-state index contributed by atoms with van der Waals surface area (Å²) in [6, 6.07) is 3.05. The summed E-state index contributed by atoms with van der Waals surface area (Å²) in [6.07, 6.45) is 0. The first kappa shape index (κ1) is 14.9. The van der Waals surface area contributed by atoms with Gasteiger partial charge in [-0.2, -0.15) is 4.31 Å². The van der Waals surface area contributed by atoms with Gasteiger partial charge in [-0.05, 0) is 32.0 Å². The molecule has 1 aromatic rings. The minimum atomic E-state index is -3.97. The van der Waals surface area contributed by atoms with Crippen LogP contribution in [0.1, 0.15) is 13.8 Å². The second-order valence-electron chi connectivity index (χ2n) is 4.12. The van der Waals surface area contributed by atoms with Crippen molar-refractivity contribution in [2.24, 2.45) is 0 Å². The zero-order valence-electron chi connectivity index (χ0n) is 10.3. The molecule has 0 radical (unpaired) electrons. The van der Waals surface area contributed by atoms with Crippen LogP contribution in [0.25, 0.3) is 0 Å². The van der Waals surface area contributed by atoms with Crippen LogP contribution in [0.5, 0.6) is 0 Å². The molecule has 0 bridgehead atoms. The van der Waals surface area contributed by atoms with Crippen LogP contribution >= 0.6 is 0 Å². The number of aliphatic hydroxyl groups is 1. The fourth-order valence-corrected chi connectivity index (χ4v) is 3.28. The molecule has 3 N–H and O–H groups in total. The molecule has 1 rings (SSSR count). The van der Waals surface area contributed by atoms with Gasteiger partial charge >= 0.3 is 0 Å². The number of sulfonamides is 1. The lowest BCUT2D eigenvalue weighted by Gasteiger charge is -2.25. The third kappa shape index (κ3) is 2.98. The first-order valence-electron chi connectivity index (χ1n) is 5.48. The van der Waals surface area contributed by atoms with E-state index in [0.29, 0.717) is 0 Å². The van der Waals surface area contributed by atoms with E-state index in [1.165, 1.54) is 6.07 Å². The highest BCUT2D eigenvalue weighted by Crippen LogP contribution is 2.22. The van der Waals surface area contributed by atoms with Gasteiger partial charge in [0, 0.05) is 18.3 Å². The molecule has 0 amide bonds. The van der Waals surface area contributed by atoms with E-state index in [1.807, 2.05) is 0 Å². The average molecular weight is 276 g/mol. The Bertz CT molecular complexity index is 517. The van der Waals surface area contributed by atoms with E-state index in [-0.39, 0.29) is 24.9 Å². The molecule has 0 saturated heterocycles. The number of nitrogens with zero attached hydrogens (tertiary/aromatic N) is 1. The molecule has 0 aliphatic carbocycles. The molecule has 18 heavy (non-hydrogen) atoms. The lowest BCUT2D eigenvalue weighted by Crippen LogP contribution is -2.39. The predicted molar refractivity (Wildman–Crippen MR) is 66.9 cm³/mol. The molecule has 5 nitrogen and oxygen atoms in total. The largest absolute Gasteiger partial charge is 0.399 e. The Balaban J connectivity index is 3.26. The monoisotopic (exact) mass is 276 g/mol. The first-order chi connectivity index (χ1) is 8.30. The van der Waals surface area contributed by atoms with Gasteiger partial charge in [-0.3, -0.25) is 0 Å². The molecule has 0 aliphatic heterocycles. The van der Waals surface area contributed by atoms with E-state index in [0.717, 1.165) is 16.4 Å². The van der Waals surface area contributed by atoms with Crippen molar-refractivity contribution >= 4 is 15.7 Å². The van der Waals surface area contributed by atoms with E-state index in [1.54, 1.807) is 13.8 Å². The number of anilines is 1. The van der Waals surface area contributed by atoms with Gasteiger partial charge in [0.15, 0.2) is 0 Å². The van der Waals surface area contributed by atoms with Crippen molar-refractivity contribution in [2.45, 2.75) is 24.8 Å². The van der Waals surface area contributed by atoms with Crippen molar-refractivity contribution in [3.63, 3.8) is 0 Å². The number of hydrogen-bond donors (Lipinski definition) is 2. The Kier molecular flexibility index (Phi) is 4.66. The highest BCUT2D eigenvalue weighted by molar-refractivity contribution is 7.89. The number of halogens is 1. The van der Waals surface area contributed by atoms with Crippen molar-refractivity contribution in [3.05, 3.63) is 24.0 Å². The van der Waals surface area contributed by atoms with E-state index in [2.05, 4.69) is 0 Å². The molecule has 0 aromatic heterocycles. The number of benzene rings is 1. The number of rotatable bonds is 5. The Morgan fingerprint density at radius 1 is 1.44 bits per heavy atom. The molecule has 7 heteroatoms. The summed E-state index contributed by atoms with van der Waals surface area (Å²) in [5.41, 5.74) is 5.53. The molecular formula is C11H17FN2O3S. The van der Waals surface area contributed by atoms with E-state index < -0.39 is 20.7 Å². The third-order valence-corrected chi connectivity index (χ3v) is 4.55. The minimum Gasteiger partial charge on any atom is -0.399 e. The summed E-state index contributed by atoms with van der Waals surface area (Å²) in [5, 5.41) is 8.89. The van der Waals surface area contributed by atoms with Crippen LogP contribution in [0.2, 0.25) is 0 Å². The Labute approximate surface area is 106 Å². The Morgan fingerprint density at radius 2 is 2.06 bits per heavy atom. The normalized spacial score (nSPS) is 12.3. The van der Waals surface area contributed by atoms with Gasteiger partial charge < -0.3 is 10.8 Å². The molecule has 0 heterocycles. The van der Waals surface area contributed by atoms with Gasteiger partial charge in [0.25, 0.3) is 0 Å². The van der Waals surface area contributed by atoms with Crippen molar-refractivity contribution in [3.8, 4) is 0 Å². The highest BCUT2D eigenvalue weighted by Gasteiger charge is 2.29. The number of aliphatic hydroxyl groups excluding tert-OH is 1. The maximum absolute atomic E-state index is 13.7. The van der Waals surface area contributed by atoms with E-state index >= 15 is 0 Å². The van der Waals surface area contributed by atoms with Crippen LogP contribution < -0.4 is 5.73 Å². The van der Waals surface area contributed by atoms with Gasteiger partial charge in [-0.1, -0.05) is 0 Å². The Morgan fingerprint density at radius 3 is 2.50 bits per heavy atom. The van der Waals surface area contributed by atoms with Crippen LogP contribution in [-0.2, 0) is 10.0 Å². The second-order valence-corrected chi connectivity index (χ2v) is 5.98. The molecule has 0 atom stereocenters. The van der Waals surface area contributed by atoms with Crippen molar-refractivity contribution in [1.82, 2.24) is 4.31 Å². The second kappa shape index (κ2) is 5.64. The standard InChI is InChI=1S/C11H17FN2O3S/c1-8(2)14(5-6-15)18(16,17)11-4-3-9(13)7-10(11)12/h3-4,7-8,15H,5-6,13H2,1-2H3. The molecular weight excluding hydrogens is 259 g/mol. The molecule has 102 valence electrons. The Hall–Kier alpha value is -1.18. The summed E-state index contributed by atoms with van der Waals surface area (Å²) in [7, 11) is -3.97. The van der Waals surface area contributed by atoms with E-state index in [4.69, 9.17) is 10.8 Å². The fourth-order valence-electron chi connectivity index (χ4n) is 1.61. The summed E-state index contributed by atoms with van der Waals surface area (Å²) < 4.78 is 39.2. The molecule has 0 fully saturated rings. The lowest BCUT2D eigenvalue weighted by molar-refractivity contribution is 0.236. The summed E-state index contributed by atoms with van der Waals surface area (Å²) in [5.74, 6) is -0.890. The van der Waals surface area contributed by atoms with Crippen LogP contribution in [0.15, 0.2) is 23.1 Å². The van der Waals surface area contributed by atoms with Crippen LogP contribution in [0, 0.1) is 5.82 Å². The maximum atomic E-state index is 13.7. The summed E-state index contributed by atoms with van der Waals surface area (Å²) >= 11 is 0. The lowest BCUT2D eigenvalue weighted by atomic mass is 10.3. The smallest absolute Gasteiger partial charge is 0.246 e. The molecule has 0 spiro atoms. The van der Waals surface area contributed by atoms with Crippen LogP contribution in [-0.4, -0.2) is 37.0 Å². The molecule has 1 aromatic carbocycles. The predicted octanol–water partition coefficient (Wildman–Crippen LogP) is 0.799. The molecule has 0 unspecified atom stereocenters. The summed E-state index contributed by atoms with van der Waals surface area (Å²) in [6.45, 7) is 2.91. The quantitative estimate of drug-likeness (QED) is 0.779. The van der Waals surface area contributed by atoms with Crippen LogP contribution in [0.3, 0.4) is 0 Å². The van der Waals surface area contributed by atoms with Gasteiger partial charge in [0.2, 0.25) is 10.0 Å². The van der Waals surface area contributed by atoms with E-state index in [9.17, 15) is 12.8 Å². The zero-order chi connectivity index (χ0) is 13.9. The van der Waals surface area contributed by atoms with Gasteiger partial charge in [0.05, 0.1) is 6.61 Å². The number of nitrogen functional groups attached to an aromatic ring is 1. The van der Waals surface area contributed by atoms with Gasteiger partial charge in [-0.25, -0.2) is 12.8 Å². The SMILES string of the molecule is CC(C)N(CCO)S(=O)(=O)c1ccc(N)cc1F. The topological polar surface area (TPSA) is 83.6 Å². The third-order valence-electron chi connectivity index (χ3n) is 2.44. The number of hydrogen-bond acceptors (Lipinski definition) is 4. The van der Waals surface area contributed by atoms with Crippen molar-refractivity contribution in [1.29, 1.82) is 0 Å². The molecule has 0 saturated carbocycles. The van der Waals surface area contributed by atoms with Crippen molar-refractivity contribution < 1.29 is 17.9 Å². The maximum Gasteiger partial charge on any atom is 0.246 e. The zero-order valence-corrected chi connectivity index (χ0v) is 11.1. The van der Waals surface area contributed by atoms with Crippen LogP contribution in [0.4, 0.5) is 10.1 Å². The molecule has 0 aliphatic rings. The fraction of sp³-hybridized carbons (Fsp3) is 0.455.